The van der Waals surface area contributed by atoms with Crippen molar-refractivity contribution in [2.24, 2.45) is 0 Å². The van der Waals surface area contributed by atoms with Gasteiger partial charge in [0.2, 0.25) is 0 Å². The molecule has 1 aromatic heterocycles. The topological polar surface area (TPSA) is 57.7 Å². The first-order valence-corrected chi connectivity index (χ1v) is 11.6. The zero-order valence-electron chi connectivity index (χ0n) is 16.9. The maximum absolute atomic E-state index is 11.2. The lowest BCUT2D eigenvalue weighted by molar-refractivity contribution is -0.153. The van der Waals surface area contributed by atoms with Crippen molar-refractivity contribution in [2.45, 2.75) is 71.7 Å². The fourth-order valence-corrected chi connectivity index (χ4v) is 3.26. The van der Waals surface area contributed by atoms with Crippen LogP contribution in [0.15, 0.2) is 18.5 Å². The SMILES string of the molecule is CC(=O)OC(C)(C)Cc1cncc(OCCO[Si](C)(C)C(C)(C)C)c1. The first-order valence-electron chi connectivity index (χ1n) is 8.73. The van der Waals surface area contributed by atoms with Crippen molar-refractivity contribution in [1.82, 2.24) is 4.98 Å². The van der Waals surface area contributed by atoms with Crippen LogP contribution in [-0.4, -0.2) is 38.1 Å². The summed E-state index contributed by atoms with van der Waals surface area (Å²) < 4.78 is 17.2. The van der Waals surface area contributed by atoms with E-state index in [2.05, 4.69) is 38.8 Å². The predicted molar refractivity (Wildman–Crippen MR) is 102 cm³/mol. The third-order valence-electron chi connectivity index (χ3n) is 4.44. The number of esters is 1. The van der Waals surface area contributed by atoms with E-state index < -0.39 is 13.9 Å². The molecular weight excluding hydrogens is 334 g/mol. The molecule has 1 heterocycles. The summed E-state index contributed by atoms with van der Waals surface area (Å²) in [5.74, 6) is 0.420. The number of aromatic nitrogens is 1. The number of pyridine rings is 1. The summed E-state index contributed by atoms with van der Waals surface area (Å²) in [4.78, 5) is 15.4. The number of ether oxygens (including phenoxy) is 2. The summed E-state index contributed by atoms with van der Waals surface area (Å²) in [6.07, 6.45) is 4.04. The minimum atomic E-state index is -1.75. The number of rotatable bonds is 8. The van der Waals surface area contributed by atoms with Gasteiger partial charge >= 0.3 is 5.97 Å². The van der Waals surface area contributed by atoms with Crippen LogP contribution in [0, 0.1) is 0 Å². The van der Waals surface area contributed by atoms with Gasteiger partial charge in [0.1, 0.15) is 18.0 Å². The molecule has 0 aliphatic heterocycles. The normalized spacial score (nSPS) is 12.8. The van der Waals surface area contributed by atoms with Gasteiger partial charge in [0.05, 0.1) is 12.8 Å². The van der Waals surface area contributed by atoms with Crippen LogP contribution >= 0.6 is 0 Å². The first kappa shape index (κ1) is 21.6. The van der Waals surface area contributed by atoms with Crippen molar-refractivity contribution in [3.8, 4) is 5.75 Å². The number of nitrogens with zero attached hydrogens (tertiary/aromatic N) is 1. The summed E-state index contributed by atoms with van der Waals surface area (Å²) in [5.41, 5.74) is 0.395. The van der Waals surface area contributed by atoms with Gasteiger partial charge in [-0.3, -0.25) is 9.78 Å². The van der Waals surface area contributed by atoms with E-state index in [1.165, 1.54) is 6.92 Å². The van der Waals surface area contributed by atoms with Crippen molar-refractivity contribution in [3.63, 3.8) is 0 Å². The second kappa shape index (κ2) is 8.32. The van der Waals surface area contributed by atoms with Crippen molar-refractivity contribution >= 4 is 14.3 Å². The van der Waals surface area contributed by atoms with E-state index in [1.54, 1.807) is 12.4 Å². The average molecular weight is 368 g/mol. The third kappa shape index (κ3) is 7.57. The van der Waals surface area contributed by atoms with Gasteiger partial charge in [-0.25, -0.2) is 0 Å². The lowest BCUT2D eigenvalue weighted by Crippen LogP contribution is -2.41. The molecule has 0 aromatic carbocycles. The van der Waals surface area contributed by atoms with Crippen molar-refractivity contribution in [1.29, 1.82) is 0 Å². The molecule has 0 saturated carbocycles. The van der Waals surface area contributed by atoms with Gasteiger partial charge < -0.3 is 13.9 Å². The van der Waals surface area contributed by atoms with Crippen LogP contribution in [0.25, 0.3) is 0 Å². The molecule has 142 valence electrons. The van der Waals surface area contributed by atoms with Gasteiger partial charge in [-0.15, -0.1) is 0 Å². The fourth-order valence-electron chi connectivity index (χ4n) is 2.23. The second-order valence-electron chi connectivity index (χ2n) is 8.52. The van der Waals surface area contributed by atoms with E-state index in [0.29, 0.717) is 25.4 Å². The monoisotopic (exact) mass is 367 g/mol. The van der Waals surface area contributed by atoms with E-state index in [9.17, 15) is 4.79 Å². The number of hydrogen-bond donors (Lipinski definition) is 0. The summed E-state index contributed by atoms with van der Waals surface area (Å²) in [7, 11) is -1.75. The molecule has 1 aromatic rings. The van der Waals surface area contributed by atoms with E-state index in [4.69, 9.17) is 13.9 Å². The zero-order chi connectivity index (χ0) is 19.3. The van der Waals surface area contributed by atoms with E-state index >= 15 is 0 Å². The van der Waals surface area contributed by atoms with Crippen LogP contribution in [0.2, 0.25) is 18.1 Å². The van der Waals surface area contributed by atoms with Crippen molar-refractivity contribution in [2.75, 3.05) is 13.2 Å². The largest absolute Gasteiger partial charge is 0.490 e. The molecule has 0 aliphatic rings. The maximum atomic E-state index is 11.2. The first-order chi connectivity index (χ1) is 11.3. The Kier molecular flexibility index (Phi) is 7.20. The molecule has 6 heteroatoms. The van der Waals surface area contributed by atoms with Crippen LogP contribution in [-0.2, 0) is 20.4 Å². The Labute approximate surface area is 153 Å². The minimum Gasteiger partial charge on any atom is -0.490 e. The molecule has 25 heavy (non-hydrogen) atoms. The molecule has 0 amide bonds. The summed E-state index contributed by atoms with van der Waals surface area (Å²) in [6, 6.07) is 1.94. The highest BCUT2D eigenvalue weighted by atomic mass is 28.4. The highest BCUT2D eigenvalue weighted by Gasteiger charge is 2.36. The Bertz CT molecular complexity index is 579. The molecule has 0 saturated heterocycles. The van der Waals surface area contributed by atoms with Gasteiger partial charge in [-0.1, -0.05) is 20.8 Å². The van der Waals surface area contributed by atoms with E-state index in [0.717, 1.165) is 5.56 Å². The van der Waals surface area contributed by atoms with Gasteiger partial charge in [0, 0.05) is 19.5 Å². The van der Waals surface area contributed by atoms with Crippen molar-refractivity contribution in [3.05, 3.63) is 24.0 Å². The fraction of sp³-hybridized carbons (Fsp3) is 0.684. The second-order valence-corrected chi connectivity index (χ2v) is 13.3. The summed E-state index contributed by atoms with van der Waals surface area (Å²) in [6.45, 7) is 17.4. The summed E-state index contributed by atoms with van der Waals surface area (Å²) in [5, 5.41) is 0.191. The van der Waals surface area contributed by atoms with Crippen molar-refractivity contribution < 1.29 is 18.7 Å². The van der Waals surface area contributed by atoms with Gasteiger partial charge in [0.25, 0.3) is 0 Å². The molecule has 0 fully saturated rings. The molecule has 0 bridgehead atoms. The Morgan fingerprint density at radius 1 is 1.12 bits per heavy atom. The van der Waals surface area contributed by atoms with Gasteiger partial charge in [-0.05, 0) is 43.6 Å². The lowest BCUT2D eigenvalue weighted by Gasteiger charge is -2.36. The Balaban J connectivity index is 2.55. The van der Waals surface area contributed by atoms with Crippen LogP contribution in [0.4, 0.5) is 0 Å². The molecule has 0 N–H and O–H groups in total. The standard InChI is InChI=1S/C19H33NO4Si/c1-15(21)24-19(5,6)12-16-11-17(14-20-13-16)22-9-10-23-25(7,8)18(2,3)4/h11,13-14H,9-10,12H2,1-8H3. The van der Waals surface area contributed by atoms with Crippen LogP contribution in [0.5, 0.6) is 5.75 Å². The molecule has 1 rings (SSSR count). The maximum Gasteiger partial charge on any atom is 0.303 e. The quantitative estimate of drug-likeness (QED) is 0.388. The molecule has 0 spiro atoms. The minimum absolute atomic E-state index is 0.191. The smallest absolute Gasteiger partial charge is 0.303 e. The third-order valence-corrected chi connectivity index (χ3v) is 8.98. The zero-order valence-corrected chi connectivity index (χ0v) is 17.9. The number of carbonyl (C=O) groups is 1. The van der Waals surface area contributed by atoms with E-state index in [1.807, 2.05) is 19.9 Å². The Hall–Kier alpha value is -1.40. The molecule has 0 radical (unpaired) electrons. The molecule has 5 nitrogen and oxygen atoms in total. The average Bonchev–Trinajstić information content (AvgIpc) is 2.40. The summed E-state index contributed by atoms with van der Waals surface area (Å²) >= 11 is 0. The Morgan fingerprint density at radius 3 is 2.32 bits per heavy atom. The number of carbonyl (C=O) groups excluding carboxylic acids is 1. The predicted octanol–water partition coefficient (Wildman–Crippen LogP) is 4.37. The lowest BCUT2D eigenvalue weighted by atomic mass is 9.99. The molecule has 0 aliphatic carbocycles. The highest BCUT2D eigenvalue weighted by Crippen LogP contribution is 2.36. The van der Waals surface area contributed by atoms with Gasteiger partial charge in [0.15, 0.2) is 8.32 Å². The van der Waals surface area contributed by atoms with Crippen LogP contribution in [0.3, 0.4) is 0 Å². The van der Waals surface area contributed by atoms with Crippen LogP contribution < -0.4 is 4.74 Å². The Morgan fingerprint density at radius 2 is 1.76 bits per heavy atom. The highest BCUT2D eigenvalue weighted by molar-refractivity contribution is 6.74. The molecule has 0 atom stereocenters. The molecular formula is C19H33NO4Si. The van der Waals surface area contributed by atoms with E-state index in [-0.39, 0.29) is 11.0 Å². The van der Waals surface area contributed by atoms with Gasteiger partial charge in [-0.2, -0.15) is 0 Å². The molecule has 0 unspecified atom stereocenters. The number of hydrogen-bond acceptors (Lipinski definition) is 5. The van der Waals surface area contributed by atoms with Crippen LogP contribution in [0.1, 0.15) is 47.1 Å².